The summed E-state index contributed by atoms with van der Waals surface area (Å²) in [6, 6.07) is 0.551. The molecule has 1 saturated heterocycles. The molecule has 21 heavy (non-hydrogen) atoms. The van der Waals surface area contributed by atoms with Gasteiger partial charge in [-0.1, -0.05) is 0 Å². The second-order valence-corrected chi connectivity index (χ2v) is 6.72. The van der Waals surface area contributed by atoms with Gasteiger partial charge in [-0.05, 0) is 26.7 Å². The topological polar surface area (TPSA) is 50.3 Å². The van der Waals surface area contributed by atoms with E-state index in [1.807, 2.05) is 0 Å². The third kappa shape index (κ3) is 2.58. The maximum atomic E-state index is 5.97. The van der Waals surface area contributed by atoms with E-state index in [0.717, 1.165) is 38.6 Å². The van der Waals surface area contributed by atoms with Crippen molar-refractivity contribution >= 4 is 0 Å². The van der Waals surface area contributed by atoms with Crippen LogP contribution in [0.4, 0.5) is 0 Å². The zero-order chi connectivity index (χ0) is 14.4. The quantitative estimate of drug-likeness (QED) is 0.918. The molecule has 1 saturated carbocycles. The Morgan fingerprint density at radius 1 is 1.24 bits per heavy atom. The molecule has 114 valence electrons. The van der Waals surface area contributed by atoms with Gasteiger partial charge in [0.1, 0.15) is 6.10 Å². The molecule has 3 aliphatic rings. The number of hydrogen-bond donors (Lipinski definition) is 1. The molecule has 1 N–H and O–H groups in total. The molecule has 5 nitrogen and oxygen atoms in total. The van der Waals surface area contributed by atoms with E-state index in [9.17, 15) is 0 Å². The summed E-state index contributed by atoms with van der Waals surface area (Å²) in [5.74, 6) is 1.58. The van der Waals surface area contributed by atoms with Gasteiger partial charge in [-0.2, -0.15) is 0 Å². The van der Waals surface area contributed by atoms with Crippen molar-refractivity contribution in [3.63, 3.8) is 0 Å². The molecule has 3 heterocycles. The average Bonchev–Trinajstić information content (AvgIpc) is 3.23. The summed E-state index contributed by atoms with van der Waals surface area (Å²) < 4.78 is 5.97. The Morgan fingerprint density at radius 3 is 2.86 bits per heavy atom. The molecule has 0 amide bonds. The molecule has 2 aliphatic heterocycles. The Kier molecular flexibility index (Phi) is 3.44. The fourth-order valence-electron chi connectivity index (χ4n) is 3.35. The number of ether oxygens (including phenoxy) is 1. The van der Waals surface area contributed by atoms with Crippen LogP contribution in [-0.2, 0) is 17.8 Å². The smallest absolute Gasteiger partial charge is 0.159 e. The first-order valence-electron chi connectivity index (χ1n) is 8.18. The van der Waals surface area contributed by atoms with Gasteiger partial charge in [0, 0.05) is 43.7 Å². The second-order valence-electron chi connectivity index (χ2n) is 6.72. The Hall–Kier alpha value is -1.04. The van der Waals surface area contributed by atoms with Crippen LogP contribution in [0.5, 0.6) is 0 Å². The summed E-state index contributed by atoms with van der Waals surface area (Å²) in [4.78, 5) is 12.2. The monoisotopic (exact) mass is 288 g/mol. The van der Waals surface area contributed by atoms with E-state index in [4.69, 9.17) is 14.7 Å². The zero-order valence-corrected chi connectivity index (χ0v) is 12.9. The Morgan fingerprint density at radius 2 is 2.10 bits per heavy atom. The van der Waals surface area contributed by atoms with E-state index in [-0.39, 0.29) is 6.10 Å². The van der Waals surface area contributed by atoms with Gasteiger partial charge in [-0.25, -0.2) is 9.97 Å². The second kappa shape index (κ2) is 5.30. The minimum absolute atomic E-state index is 0.0320. The Labute approximate surface area is 126 Å². The van der Waals surface area contributed by atoms with E-state index < -0.39 is 0 Å². The lowest BCUT2D eigenvalue weighted by atomic mass is 10.1. The minimum atomic E-state index is 0.0320. The van der Waals surface area contributed by atoms with Crippen LogP contribution in [0.25, 0.3) is 0 Å². The van der Waals surface area contributed by atoms with E-state index in [2.05, 4.69) is 24.1 Å². The van der Waals surface area contributed by atoms with Crippen LogP contribution in [0, 0.1) is 0 Å². The highest BCUT2D eigenvalue weighted by atomic mass is 16.5. The molecule has 0 aromatic carbocycles. The van der Waals surface area contributed by atoms with Crippen molar-refractivity contribution in [2.45, 2.75) is 57.8 Å². The number of morpholine rings is 1. The fraction of sp³-hybridized carbons (Fsp3) is 0.750. The van der Waals surface area contributed by atoms with Crippen molar-refractivity contribution in [2.24, 2.45) is 0 Å². The largest absolute Gasteiger partial charge is 0.368 e. The van der Waals surface area contributed by atoms with Crippen LogP contribution in [0.3, 0.4) is 0 Å². The molecule has 0 spiro atoms. The minimum Gasteiger partial charge on any atom is -0.368 e. The number of aromatic nitrogens is 2. The van der Waals surface area contributed by atoms with Gasteiger partial charge in [0.05, 0.1) is 18.0 Å². The predicted octanol–water partition coefficient (Wildman–Crippen LogP) is 1.74. The lowest BCUT2D eigenvalue weighted by Crippen LogP contribution is -2.42. The average molecular weight is 288 g/mol. The Bertz CT molecular complexity index is 541. The van der Waals surface area contributed by atoms with Crippen LogP contribution in [0.2, 0.25) is 0 Å². The molecular formula is C16H24N4O. The number of rotatable bonds is 3. The molecule has 0 bridgehead atoms. The number of nitrogens with one attached hydrogen (secondary N) is 1. The van der Waals surface area contributed by atoms with Crippen molar-refractivity contribution in [3.8, 4) is 0 Å². The summed E-state index contributed by atoms with van der Waals surface area (Å²) in [6.45, 7) is 9.00. The van der Waals surface area contributed by atoms with Crippen LogP contribution in [-0.4, -0.2) is 40.6 Å². The van der Waals surface area contributed by atoms with Crippen molar-refractivity contribution in [1.82, 2.24) is 20.2 Å². The molecule has 4 rings (SSSR count). The predicted molar refractivity (Wildman–Crippen MR) is 80.0 cm³/mol. The summed E-state index contributed by atoms with van der Waals surface area (Å²) in [5, 5.41) is 3.41. The molecule has 0 radical (unpaired) electrons. The first-order chi connectivity index (χ1) is 10.2. The lowest BCUT2D eigenvalue weighted by Gasteiger charge is -2.35. The van der Waals surface area contributed by atoms with Crippen LogP contribution in [0.1, 0.15) is 61.5 Å². The van der Waals surface area contributed by atoms with Gasteiger partial charge in [0.2, 0.25) is 0 Å². The maximum Gasteiger partial charge on any atom is 0.159 e. The summed E-state index contributed by atoms with van der Waals surface area (Å²) in [5.41, 5.74) is 3.86. The molecule has 5 heteroatoms. The highest BCUT2D eigenvalue weighted by Gasteiger charge is 2.33. The van der Waals surface area contributed by atoms with E-state index in [1.54, 1.807) is 0 Å². The summed E-state index contributed by atoms with van der Waals surface area (Å²) in [7, 11) is 0. The molecule has 1 unspecified atom stereocenters. The van der Waals surface area contributed by atoms with Crippen molar-refractivity contribution in [3.05, 3.63) is 22.8 Å². The number of fused-ring (bicyclic) bond motifs is 1. The van der Waals surface area contributed by atoms with Crippen LogP contribution in [0.15, 0.2) is 0 Å². The normalized spacial score (nSPS) is 26.3. The van der Waals surface area contributed by atoms with Gasteiger partial charge in [-0.15, -0.1) is 0 Å². The molecule has 1 atom stereocenters. The van der Waals surface area contributed by atoms with Gasteiger partial charge in [-0.3, -0.25) is 4.90 Å². The lowest BCUT2D eigenvalue weighted by molar-refractivity contribution is -0.0444. The first kappa shape index (κ1) is 13.6. The van der Waals surface area contributed by atoms with E-state index >= 15 is 0 Å². The van der Waals surface area contributed by atoms with Gasteiger partial charge in [0.25, 0.3) is 0 Å². The Balaban J connectivity index is 1.64. The highest BCUT2D eigenvalue weighted by molar-refractivity contribution is 5.34. The SMILES string of the molecule is CC(C)N1CCOC(c2nc3c(c(C4CC4)n2)CNC3)C1. The fourth-order valence-corrected chi connectivity index (χ4v) is 3.35. The van der Waals surface area contributed by atoms with Crippen LogP contribution >= 0.6 is 0 Å². The molecule has 1 aromatic rings. The number of hydrogen-bond acceptors (Lipinski definition) is 5. The van der Waals surface area contributed by atoms with Gasteiger partial charge in [0.15, 0.2) is 5.82 Å². The van der Waals surface area contributed by atoms with Gasteiger partial charge < -0.3 is 10.1 Å². The summed E-state index contributed by atoms with van der Waals surface area (Å²) >= 11 is 0. The standard InChI is InChI=1S/C16H24N4O/c1-10(2)20-5-6-21-14(9-20)16-18-13-8-17-7-12(13)15(19-16)11-3-4-11/h10-11,14,17H,3-9H2,1-2H3. The van der Waals surface area contributed by atoms with E-state index in [1.165, 1.54) is 29.8 Å². The third-order valence-electron chi connectivity index (χ3n) is 4.82. The van der Waals surface area contributed by atoms with Crippen molar-refractivity contribution in [1.29, 1.82) is 0 Å². The van der Waals surface area contributed by atoms with E-state index in [0.29, 0.717) is 12.0 Å². The molecule has 1 aromatic heterocycles. The third-order valence-corrected chi connectivity index (χ3v) is 4.82. The molecule has 1 aliphatic carbocycles. The van der Waals surface area contributed by atoms with Crippen molar-refractivity contribution in [2.75, 3.05) is 19.7 Å². The highest BCUT2D eigenvalue weighted by Crippen LogP contribution is 2.42. The number of nitrogens with zero attached hydrogens (tertiary/aromatic N) is 3. The van der Waals surface area contributed by atoms with Crippen molar-refractivity contribution < 1.29 is 4.74 Å². The maximum absolute atomic E-state index is 5.97. The van der Waals surface area contributed by atoms with Crippen LogP contribution < -0.4 is 5.32 Å². The molecule has 2 fully saturated rings. The molecular weight excluding hydrogens is 264 g/mol. The van der Waals surface area contributed by atoms with Gasteiger partial charge >= 0.3 is 0 Å². The summed E-state index contributed by atoms with van der Waals surface area (Å²) in [6.07, 6.45) is 2.60. The zero-order valence-electron chi connectivity index (χ0n) is 12.9. The first-order valence-corrected chi connectivity index (χ1v) is 8.18.